The van der Waals surface area contributed by atoms with E-state index in [1.54, 1.807) is 7.11 Å². The van der Waals surface area contributed by atoms with Crippen molar-refractivity contribution in [1.29, 1.82) is 0 Å². The maximum absolute atomic E-state index is 6.04. The van der Waals surface area contributed by atoms with Gasteiger partial charge in [-0.2, -0.15) is 0 Å². The molecule has 21 heavy (non-hydrogen) atoms. The molecular formula is C17H21ClN2O. The summed E-state index contributed by atoms with van der Waals surface area (Å²) < 4.78 is 5.44. The van der Waals surface area contributed by atoms with Crippen molar-refractivity contribution in [2.24, 2.45) is 5.73 Å². The van der Waals surface area contributed by atoms with E-state index in [2.05, 4.69) is 11.8 Å². The second-order valence-electron chi connectivity index (χ2n) is 5.04. The van der Waals surface area contributed by atoms with Crippen molar-refractivity contribution >= 4 is 17.3 Å². The first kappa shape index (κ1) is 15.7. The molecule has 0 amide bonds. The molecule has 3 nitrogen and oxygen atoms in total. The summed E-state index contributed by atoms with van der Waals surface area (Å²) in [5.41, 5.74) is 9.36. The summed E-state index contributed by atoms with van der Waals surface area (Å²) in [6.45, 7) is 2.57. The summed E-state index contributed by atoms with van der Waals surface area (Å²) in [5.74, 6) is 0.838. The molecular weight excluding hydrogens is 284 g/mol. The zero-order valence-corrected chi connectivity index (χ0v) is 13.4. The molecule has 0 aliphatic heterocycles. The van der Waals surface area contributed by atoms with Gasteiger partial charge in [-0.15, -0.1) is 0 Å². The molecule has 112 valence electrons. The van der Waals surface area contributed by atoms with E-state index in [1.807, 2.05) is 49.5 Å². The summed E-state index contributed by atoms with van der Waals surface area (Å²) in [6, 6.07) is 13.9. The smallest absolute Gasteiger partial charge is 0.142 e. The van der Waals surface area contributed by atoms with Gasteiger partial charge in [-0.3, -0.25) is 0 Å². The fourth-order valence-electron chi connectivity index (χ4n) is 2.60. The molecule has 0 bridgehead atoms. The SMILES string of the molecule is COc1ccccc1N(C)C(CN)c1ccc(Cl)cc1C. The highest BCUT2D eigenvalue weighted by Crippen LogP contribution is 2.33. The minimum absolute atomic E-state index is 0.0681. The van der Waals surface area contributed by atoms with E-state index in [1.165, 1.54) is 5.56 Å². The lowest BCUT2D eigenvalue weighted by molar-refractivity contribution is 0.413. The quantitative estimate of drug-likeness (QED) is 0.913. The molecule has 4 heteroatoms. The lowest BCUT2D eigenvalue weighted by Gasteiger charge is -2.31. The summed E-state index contributed by atoms with van der Waals surface area (Å²) in [6.07, 6.45) is 0. The highest BCUT2D eigenvalue weighted by molar-refractivity contribution is 6.30. The number of hydrogen-bond donors (Lipinski definition) is 1. The lowest BCUT2D eigenvalue weighted by atomic mass is 9.99. The number of halogens is 1. The fraction of sp³-hybridized carbons (Fsp3) is 0.294. The second kappa shape index (κ2) is 6.83. The van der Waals surface area contributed by atoms with Gasteiger partial charge in [-0.25, -0.2) is 0 Å². The molecule has 0 aromatic heterocycles. The molecule has 0 heterocycles. The molecule has 0 radical (unpaired) electrons. The van der Waals surface area contributed by atoms with Gasteiger partial charge in [-0.1, -0.05) is 29.8 Å². The summed E-state index contributed by atoms with van der Waals surface area (Å²) in [5, 5.41) is 0.743. The number of rotatable bonds is 5. The van der Waals surface area contributed by atoms with Crippen LogP contribution >= 0.6 is 11.6 Å². The van der Waals surface area contributed by atoms with Gasteiger partial charge in [-0.05, 0) is 42.3 Å². The van der Waals surface area contributed by atoms with Crippen LogP contribution in [-0.4, -0.2) is 20.7 Å². The van der Waals surface area contributed by atoms with Gasteiger partial charge in [0.1, 0.15) is 5.75 Å². The van der Waals surface area contributed by atoms with E-state index in [4.69, 9.17) is 22.1 Å². The van der Waals surface area contributed by atoms with Crippen LogP contribution in [0.25, 0.3) is 0 Å². The number of hydrogen-bond acceptors (Lipinski definition) is 3. The van der Waals surface area contributed by atoms with Crippen molar-refractivity contribution in [2.45, 2.75) is 13.0 Å². The Hall–Kier alpha value is -1.71. The Morgan fingerprint density at radius 3 is 2.57 bits per heavy atom. The molecule has 0 fully saturated rings. The Bertz CT molecular complexity index is 615. The molecule has 0 saturated carbocycles. The maximum atomic E-state index is 6.04. The van der Waals surface area contributed by atoms with Crippen molar-refractivity contribution in [3.8, 4) is 5.75 Å². The molecule has 2 aromatic carbocycles. The minimum atomic E-state index is 0.0681. The maximum Gasteiger partial charge on any atom is 0.142 e. The van der Waals surface area contributed by atoms with Gasteiger partial charge in [0.05, 0.1) is 18.8 Å². The van der Waals surface area contributed by atoms with E-state index in [0.717, 1.165) is 22.0 Å². The first-order valence-corrected chi connectivity index (χ1v) is 7.28. The van der Waals surface area contributed by atoms with E-state index >= 15 is 0 Å². The number of anilines is 1. The Morgan fingerprint density at radius 1 is 1.24 bits per heavy atom. The molecule has 0 saturated heterocycles. The normalized spacial score (nSPS) is 12.0. The number of ether oxygens (including phenoxy) is 1. The molecule has 0 aliphatic carbocycles. The van der Waals surface area contributed by atoms with Crippen molar-refractivity contribution in [2.75, 3.05) is 25.6 Å². The van der Waals surface area contributed by atoms with E-state index in [9.17, 15) is 0 Å². The third kappa shape index (κ3) is 3.31. The number of aryl methyl sites for hydroxylation is 1. The average Bonchev–Trinajstić information content (AvgIpc) is 2.49. The monoisotopic (exact) mass is 304 g/mol. The van der Waals surface area contributed by atoms with Gasteiger partial charge < -0.3 is 15.4 Å². The van der Waals surface area contributed by atoms with Crippen LogP contribution in [0.2, 0.25) is 5.02 Å². The standard InChI is InChI=1S/C17H21ClN2O/c1-12-10-13(18)8-9-14(12)16(11-19)20(2)15-6-4-5-7-17(15)21-3/h4-10,16H,11,19H2,1-3H3. The Kier molecular flexibility index (Phi) is 5.10. The molecule has 2 aromatic rings. The van der Waals surface area contributed by atoms with Crippen molar-refractivity contribution in [3.63, 3.8) is 0 Å². The van der Waals surface area contributed by atoms with Crippen LogP contribution in [0.4, 0.5) is 5.69 Å². The van der Waals surface area contributed by atoms with Crippen LogP contribution in [0.15, 0.2) is 42.5 Å². The third-order valence-corrected chi connectivity index (χ3v) is 3.98. The Balaban J connectivity index is 2.40. The summed E-state index contributed by atoms with van der Waals surface area (Å²) >= 11 is 6.04. The largest absolute Gasteiger partial charge is 0.495 e. The predicted octanol–water partition coefficient (Wildman–Crippen LogP) is 3.79. The molecule has 0 spiro atoms. The van der Waals surface area contributed by atoms with Crippen LogP contribution in [0, 0.1) is 6.92 Å². The van der Waals surface area contributed by atoms with Crippen LogP contribution < -0.4 is 15.4 Å². The third-order valence-electron chi connectivity index (χ3n) is 3.75. The van der Waals surface area contributed by atoms with Gasteiger partial charge in [0.2, 0.25) is 0 Å². The average molecular weight is 305 g/mol. The van der Waals surface area contributed by atoms with E-state index in [-0.39, 0.29) is 6.04 Å². The van der Waals surface area contributed by atoms with E-state index < -0.39 is 0 Å². The summed E-state index contributed by atoms with van der Waals surface area (Å²) in [7, 11) is 3.71. The summed E-state index contributed by atoms with van der Waals surface area (Å²) in [4.78, 5) is 2.15. The molecule has 2 N–H and O–H groups in total. The van der Waals surface area contributed by atoms with E-state index in [0.29, 0.717) is 6.54 Å². The van der Waals surface area contributed by atoms with Crippen LogP contribution in [0.1, 0.15) is 17.2 Å². The number of methoxy groups -OCH3 is 1. The zero-order valence-electron chi connectivity index (χ0n) is 12.6. The van der Waals surface area contributed by atoms with Gasteiger partial charge >= 0.3 is 0 Å². The first-order chi connectivity index (χ1) is 10.1. The van der Waals surface area contributed by atoms with Crippen molar-refractivity contribution in [3.05, 3.63) is 58.6 Å². The van der Waals surface area contributed by atoms with Gasteiger partial charge in [0, 0.05) is 18.6 Å². The van der Waals surface area contributed by atoms with Gasteiger partial charge in [0.15, 0.2) is 0 Å². The van der Waals surface area contributed by atoms with Crippen LogP contribution in [0.3, 0.4) is 0 Å². The van der Waals surface area contributed by atoms with Crippen molar-refractivity contribution < 1.29 is 4.74 Å². The topological polar surface area (TPSA) is 38.5 Å². The number of para-hydroxylation sites is 2. The highest BCUT2D eigenvalue weighted by Gasteiger charge is 2.20. The predicted molar refractivity (Wildman–Crippen MR) is 89.4 cm³/mol. The molecule has 1 atom stereocenters. The Morgan fingerprint density at radius 2 is 1.95 bits per heavy atom. The zero-order chi connectivity index (χ0) is 15.4. The number of benzene rings is 2. The number of likely N-dealkylation sites (N-methyl/N-ethyl adjacent to an activating group) is 1. The molecule has 0 aliphatic rings. The second-order valence-corrected chi connectivity index (χ2v) is 5.47. The molecule has 2 rings (SSSR count). The molecule has 1 unspecified atom stereocenters. The first-order valence-electron chi connectivity index (χ1n) is 6.90. The number of nitrogens with zero attached hydrogens (tertiary/aromatic N) is 1. The van der Waals surface area contributed by atoms with Gasteiger partial charge in [0.25, 0.3) is 0 Å². The van der Waals surface area contributed by atoms with Crippen molar-refractivity contribution in [1.82, 2.24) is 0 Å². The fourth-order valence-corrected chi connectivity index (χ4v) is 2.82. The minimum Gasteiger partial charge on any atom is -0.495 e. The van der Waals surface area contributed by atoms with Crippen LogP contribution in [0.5, 0.6) is 5.75 Å². The van der Waals surface area contributed by atoms with Crippen LogP contribution in [-0.2, 0) is 0 Å². The number of nitrogens with two attached hydrogens (primary N) is 1. The lowest BCUT2D eigenvalue weighted by Crippen LogP contribution is -2.31. The highest BCUT2D eigenvalue weighted by atomic mass is 35.5. The Labute approximate surface area is 131 Å².